The van der Waals surface area contributed by atoms with E-state index in [1.165, 1.54) is 0 Å². The minimum absolute atomic E-state index is 0.0643. The van der Waals surface area contributed by atoms with E-state index in [1.54, 1.807) is 23.9 Å². The van der Waals surface area contributed by atoms with Crippen LogP contribution in [0, 0.1) is 24.2 Å². The highest BCUT2D eigenvalue weighted by molar-refractivity contribution is 5.98. The van der Waals surface area contributed by atoms with Crippen LogP contribution in [0.3, 0.4) is 0 Å². The lowest BCUT2D eigenvalue weighted by Crippen LogP contribution is -2.33. The van der Waals surface area contributed by atoms with Crippen LogP contribution in [0.5, 0.6) is 0 Å². The van der Waals surface area contributed by atoms with Crippen molar-refractivity contribution < 1.29 is 14.3 Å². The number of hydrogen-bond donors (Lipinski definition) is 2. The minimum atomic E-state index is -0.338. The number of aromatic nitrogens is 1. The topological polar surface area (TPSA) is 91.2 Å². The van der Waals surface area contributed by atoms with Crippen molar-refractivity contribution in [3.63, 3.8) is 0 Å². The summed E-state index contributed by atoms with van der Waals surface area (Å²) in [6.45, 7) is 1.73. The van der Waals surface area contributed by atoms with Gasteiger partial charge in [-0.1, -0.05) is 12.2 Å². The average molecular weight is 311 g/mol. The van der Waals surface area contributed by atoms with Gasteiger partial charge in [-0.15, -0.1) is 0 Å². The molecule has 0 saturated heterocycles. The number of rotatable bonds is 4. The van der Waals surface area contributed by atoms with Crippen LogP contribution in [0.15, 0.2) is 41.1 Å². The predicted octanol–water partition coefficient (Wildman–Crippen LogP) is 1.92. The molecule has 23 heavy (non-hydrogen) atoms. The number of hydrogen-bond acceptors (Lipinski definition) is 4. The first-order valence-corrected chi connectivity index (χ1v) is 7.41. The third-order valence-corrected chi connectivity index (χ3v) is 3.97. The molecule has 0 fully saturated rings. The van der Waals surface area contributed by atoms with Crippen LogP contribution >= 0.6 is 0 Å². The van der Waals surface area contributed by atoms with Gasteiger partial charge in [-0.2, -0.15) is 5.26 Å². The summed E-state index contributed by atoms with van der Waals surface area (Å²) in [6.07, 6.45) is 7.93. The Morgan fingerprint density at radius 1 is 1.48 bits per heavy atom. The lowest BCUT2D eigenvalue weighted by molar-refractivity contribution is 0.0939. The van der Waals surface area contributed by atoms with Gasteiger partial charge in [0.25, 0.3) is 5.91 Å². The number of aliphatic hydroxyl groups is 1. The van der Waals surface area contributed by atoms with Crippen LogP contribution in [0.1, 0.15) is 28.1 Å². The average Bonchev–Trinajstić information content (AvgIpc) is 3.25. The monoisotopic (exact) mass is 311 g/mol. The maximum Gasteiger partial charge on any atom is 0.256 e. The summed E-state index contributed by atoms with van der Waals surface area (Å²) < 4.78 is 7.30. The van der Waals surface area contributed by atoms with Gasteiger partial charge in [0.05, 0.1) is 0 Å². The van der Waals surface area contributed by atoms with Crippen molar-refractivity contribution >= 4 is 5.91 Å². The van der Waals surface area contributed by atoms with E-state index in [9.17, 15) is 10.1 Å². The first kappa shape index (κ1) is 15.1. The molecule has 6 heteroatoms. The van der Waals surface area contributed by atoms with E-state index in [-0.39, 0.29) is 35.6 Å². The zero-order chi connectivity index (χ0) is 16.4. The molecule has 2 heterocycles. The van der Waals surface area contributed by atoms with Crippen molar-refractivity contribution in [2.75, 3.05) is 6.61 Å². The zero-order valence-corrected chi connectivity index (χ0v) is 12.7. The molecule has 1 aliphatic rings. The van der Waals surface area contributed by atoms with Crippen molar-refractivity contribution in [1.29, 1.82) is 5.26 Å². The molecular formula is C17H17N3O3. The SMILES string of the molecule is Cc1oc(-n2cccc2)c(C#N)c1C(=O)N[C@@H]1C=C[C@H](CO)C1. The number of aliphatic hydroxyl groups excluding tert-OH is 1. The molecule has 0 aliphatic heterocycles. The number of aryl methyl sites for hydroxylation is 1. The molecule has 1 amide bonds. The van der Waals surface area contributed by atoms with Crippen LogP contribution in [0.25, 0.3) is 5.88 Å². The molecule has 0 saturated carbocycles. The molecule has 1 aliphatic carbocycles. The second kappa shape index (κ2) is 6.15. The Balaban J connectivity index is 1.87. The summed E-state index contributed by atoms with van der Waals surface area (Å²) >= 11 is 0. The molecule has 2 atom stereocenters. The fourth-order valence-electron chi connectivity index (χ4n) is 2.82. The van der Waals surface area contributed by atoms with Crippen molar-refractivity contribution in [2.24, 2.45) is 5.92 Å². The molecule has 0 bridgehead atoms. The van der Waals surface area contributed by atoms with Crippen LogP contribution in [-0.4, -0.2) is 28.2 Å². The second-order valence-corrected chi connectivity index (χ2v) is 5.56. The van der Waals surface area contributed by atoms with E-state index in [2.05, 4.69) is 11.4 Å². The Morgan fingerprint density at radius 2 is 2.22 bits per heavy atom. The number of amides is 1. The molecule has 2 aromatic heterocycles. The van der Waals surface area contributed by atoms with Gasteiger partial charge in [0.1, 0.15) is 23.0 Å². The van der Waals surface area contributed by atoms with Crippen LogP contribution in [0.4, 0.5) is 0 Å². The first-order chi connectivity index (χ1) is 11.1. The molecule has 6 nitrogen and oxygen atoms in total. The third kappa shape index (κ3) is 2.79. The van der Waals surface area contributed by atoms with E-state index >= 15 is 0 Å². The zero-order valence-electron chi connectivity index (χ0n) is 12.7. The summed E-state index contributed by atoms with van der Waals surface area (Å²) in [7, 11) is 0. The Kier molecular flexibility index (Phi) is 4.04. The highest BCUT2D eigenvalue weighted by Gasteiger charge is 2.27. The third-order valence-electron chi connectivity index (χ3n) is 3.97. The quantitative estimate of drug-likeness (QED) is 0.844. The van der Waals surface area contributed by atoms with Crippen molar-refractivity contribution in [3.8, 4) is 12.0 Å². The largest absolute Gasteiger partial charge is 0.443 e. The maximum atomic E-state index is 12.6. The Hall–Kier alpha value is -2.78. The number of carbonyl (C=O) groups excluding carboxylic acids is 1. The first-order valence-electron chi connectivity index (χ1n) is 7.41. The van der Waals surface area contributed by atoms with Gasteiger partial charge in [0.15, 0.2) is 0 Å². The molecule has 0 radical (unpaired) electrons. The summed E-state index contributed by atoms with van der Waals surface area (Å²) in [5, 5.41) is 21.5. The van der Waals surface area contributed by atoms with Crippen molar-refractivity contribution in [1.82, 2.24) is 9.88 Å². The Morgan fingerprint density at radius 3 is 2.83 bits per heavy atom. The number of furan rings is 1. The Bertz CT molecular complexity index is 781. The smallest absolute Gasteiger partial charge is 0.256 e. The highest BCUT2D eigenvalue weighted by Crippen LogP contribution is 2.26. The van der Waals surface area contributed by atoms with E-state index in [1.807, 2.05) is 24.3 Å². The lowest BCUT2D eigenvalue weighted by Gasteiger charge is -2.12. The minimum Gasteiger partial charge on any atom is -0.443 e. The molecule has 0 spiro atoms. The second-order valence-electron chi connectivity index (χ2n) is 5.56. The highest BCUT2D eigenvalue weighted by atomic mass is 16.4. The maximum absolute atomic E-state index is 12.6. The number of carbonyl (C=O) groups is 1. The van der Waals surface area contributed by atoms with Gasteiger partial charge >= 0.3 is 0 Å². The van der Waals surface area contributed by atoms with Gasteiger partial charge < -0.3 is 14.8 Å². The molecule has 0 aromatic carbocycles. The fourth-order valence-corrected chi connectivity index (χ4v) is 2.82. The van der Waals surface area contributed by atoms with Crippen LogP contribution in [-0.2, 0) is 0 Å². The van der Waals surface area contributed by atoms with Gasteiger partial charge in [0, 0.05) is 31.0 Å². The molecule has 2 N–H and O–H groups in total. The van der Waals surface area contributed by atoms with E-state index in [4.69, 9.17) is 9.52 Å². The summed E-state index contributed by atoms with van der Waals surface area (Å²) in [5.41, 5.74) is 0.480. The van der Waals surface area contributed by atoms with Gasteiger partial charge in [0.2, 0.25) is 5.88 Å². The normalized spacial score (nSPS) is 19.7. The van der Waals surface area contributed by atoms with E-state index in [0.29, 0.717) is 18.1 Å². The van der Waals surface area contributed by atoms with E-state index < -0.39 is 0 Å². The summed E-state index contributed by atoms with van der Waals surface area (Å²) in [5.74, 6) is 0.477. The molecule has 118 valence electrons. The molecular weight excluding hydrogens is 294 g/mol. The summed E-state index contributed by atoms with van der Waals surface area (Å²) in [4.78, 5) is 12.6. The van der Waals surface area contributed by atoms with Gasteiger partial charge in [-0.25, -0.2) is 0 Å². The molecule has 2 aromatic rings. The number of nitrogens with one attached hydrogen (secondary N) is 1. The molecule has 3 rings (SSSR count). The summed E-state index contributed by atoms with van der Waals surface area (Å²) in [6, 6.07) is 5.56. The predicted molar refractivity (Wildman–Crippen MR) is 83.1 cm³/mol. The Labute approximate surface area is 133 Å². The van der Waals surface area contributed by atoms with E-state index in [0.717, 1.165) is 0 Å². The number of nitriles is 1. The van der Waals surface area contributed by atoms with Gasteiger partial charge in [-0.05, 0) is 25.5 Å². The van der Waals surface area contributed by atoms with Crippen molar-refractivity contribution in [2.45, 2.75) is 19.4 Å². The standard InChI is InChI=1S/C17H17N3O3/c1-11-15(16(22)19-13-5-4-12(8-13)10-21)14(9-18)17(23-11)20-6-2-3-7-20/h2-7,12-13,21H,8,10H2,1H3,(H,19,22)/t12-,13+/m0/s1. The van der Waals surface area contributed by atoms with Gasteiger partial charge in [-0.3, -0.25) is 9.36 Å². The van der Waals surface area contributed by atoms with Crippen molar-refractivity contribution in [3.05, 3.63) is 53.6 Å². The lowest BCUT2D eigenvalue weighted by atomic mass is 10.1. The van der Waals surface area contributed by atoms with Crippen LogP contribution < -0.4 is 5.32 Å². The fraction of sp³-hybridized carbons (Fsp3) is 0.294. The van der Waals surface area contributed by atoms with Crippen LogP contribution in [0.2, 0.25) is 0 Å². The molecule has 0 unspecified atom stereocenters. The number of nitrogens with zero attached hydrogens (tertiary/aromatic N) is 2.